The van der Waals surface area contributed by atoms with Crippen molar-refractivity contribution in [3.05, 3.63) is 0 Å². The van der Waals surface area contributed by atoms with Gasteiger partial charge in [0.1, 0.15) is 0 Å². The van der Waals surface area contributed by atoms with Crippen LogP contribution in [0.3, 0.4) is 0 Å². The Morgan fingerprint density at radius 3 is 2.73 bits per heavy atom. The van der Waals surface area contributed by atoms with E-state index < -0.39 is 11.9 Å². The predicted octanol–water partition coefficient (Wildman–Crippen LogP) is -0.491. The molecule has 1 amide bonds. The van der Waals surface area contributed by atoms with Gasteiger partial charge in [-0.15, -0.1) is 10.2 Å². The zero-order chi connectivity index (χ0) is 11.4. The van der Waals surface area contributed by atoms with Crippen LogP contribution in [0.5, 0.6) is 0 Å². The molecule has 0 aliphatic heterocycles. The van der Waals surface area contributed by atoms with Crippen LogP contribution in [0.25, 0.3) is 0 Å². The Morgan fingerprint density at radius 1 is 1.60 bits per heavy atom. The maximum Gasteiger partial charge on any atom is 0.235 e. The van der Waals surface area contributed by atoms with E-state index in [1.807, 2.05) is 19.0 Å². The van der Waals surface area contributed by atoms with Crippen molar-refractivity contribution in [2.75, 3.05) is 24.7 Å². The van der Waals surface area contributed by atoms with Crippen LogP contribution in [0.2, 0.25) is 0 Å². The second-order valence-electron chi connectivity index (χ2n) is 3.06. The summed E-state index contributed by atoms with van der Waals surface area (Å²) in [6.07, 6.45) is 0. The zero-order valence-corrected chi connectivity index (χ0v) is 10.1. The molecule has 0 aliphatic carbocycles. The molecule has 4 N–H and O–H groups in total. The summed E-state index contributed by atoms with van der Waals surface area (Å²) in [6, 6.07) is -0.637. The number of nitrogens with zero attached hydrogens (tertiary/aromatic N) is 3. The summed E-state index contributed by atoms with van der Waals surface area (Å²) in [5.74, 6) is -0.0722. The van der Waals surface area contributed by atoms with Crippen molar-refractivity contribution in [2.45, 2.75) is 10.4 Å². The van der Waals surface area contributed by atoms with E-state index >= 15 is 0 Å². The minimum absolute atomic E-state index is 0.428. The van der Waals surface area contributed by atoms with E-state index in [1.54, 1.807) is 0 Å². The lowest BCUT2D eigenvalue weighted by Crippen LogP contribution is -2.38. The molecule has 8 heteroatoms. The molecule has 1 aromatic rings. The Labute approximate surface area is 96.0 Å². The second-order valence-corrected chi connectivity index (χ2v) is 5.29. The second kappa shape index (κ2) is 5.29. The van der Waals surface area contributed by atoms with E-state index in [9.17, 15) is 4.79 Å². The van der Waals surface area contributed by atoms with Crippen molar-refractivity contribution < 1.29 is 4.79 Å². The van der Waals surface area contributed by atoms with Crippen LogP contribution in [-0.2, 0) is 4.79 Å². The fourth-order valence-electron chi connectivity index (χ4n) is 0.685. The molecular weight excluding hydrogens is 234 g/mol. The van der Waals surface area contributed by atoms with Gasteiger partial charge in [0.2, 0.25) is 11.0 Å². The monoisotopic (exact) mass is 247 g/mol. The first-order valence-corrected chi connectivity index (χ1v) is 5.99. The van der Waals surface area contributed by atoms with Gasteiger partial charge in [-0.25, -0.2) is 0 Å². The van der Waals surface area contributed by atoms with Gasteiger partial charge in [-0.05, 0) is 0 Å². The van der Waals surface area contributed by atoms with Gasteiger partial charge < -0.3 is 16.4 Å². The molecule has 0 fully saturated rings. The number of hydrogen-bond acceptors (Lipinski definition) is 7. The standard InChI is InChI=1S/C7H13N5OS2/c1-12(2)6-10-11-7(15-6)14-3-4(8)5(9)13/h4H,3,8H2,1-2H3,(H2,9,13). The largest absolute Gasteiger partial charge is 0.368 e. The van der Waals surface area contributed by atoms with E-state index in [1.165, 1.54) is 23.1 Å². The van der Waals surface area contributed by atoms with Gasteiger partial charge in [-0.1, -0.05) is 23.1 Å². The third-order valence-corrected chi connectivity index (χ3v) is 3.87. The van der Waals surface area contributed by atoms with Crippen LogP contribution in [0, 0.1) is 0 Å². The highest BCUT2D eigenvalue weighted by Gasteiger charge is 2.12. The SMILES string of the molecule is CN(C)c1nnc(SCC(N)C(N)=O)s1. The summed E-state index contributed by atoms with van der Waals surface area (Å²) >= 11 is 2.84. The lowest BCUT2D eigenvalue weighted by Gasteiger charge is -2.04. The van der Waals surface area contributed by atoms with Crippen LogP contribution in [0.15, 0.2) is 4.34 Å². The highest BCUT2D eigenvalue weighted by molar-refractivity contribution is 8.01. The zero-order valence-electron chi connectivity index (χ0n) is 8.51. The summed E-state index contributed by atoms with van der Waals surface area (Å²) < 4.78 is 0.787. The number of anilines is 1. The van der Waals surface area contributed by atoms with Gasteiger partial charge in [0.15, 0.2) is 4.34 Å². The van der Waals surface area contributed by atoms with Crippen molar-refractivity contribution in [2.24, 2.45) is 11.5 Å². The van der Waals surface area contributed by atoms with Gasteiger partial charge in [-0.2, -0.15) is 0 Å². The smallest absolute Gasteiger partial charge is 0.235 e. The third kappa shape index (κ3) is 3.65. The number of carbonyl (C=O) groups excluding carboxylic acids is 1. The summed E-state index contributed by atoms with van der Waals surface area (Å²) in [5.41, 5.74) is 10.5. The number of nitrogens with two attached hydrogens (primary N) is 2. The molecular formula is C7H13N5OS2. The maximum atomic E-state index is 10.7. The molecule has 1 rings (SSSR count). The average molecular weight is 247 g/mol. The first-order valence-electron chi connectivity index (χ1n) is 4.19. The first kappa shape index (κ1) is 12.2. The number of carbonyl (C=O) groups is 1. The molecule has 0 aliphatic rings. The molecule has 1 atom stereocenters. The Hall–Kier alpha value is -0.860. The highest BCUT2D eigenvalue weighted by atomic mass is 32.2. The van der Waals surface area contributed by atoms with Gasteiger partial charge >= 0.3 is 0 Å². The quantitative estimate of drug-likeness (QED) is 0.681. The fraction of sp³-hybridized carbons (Fsp3) is 0.571. The van der Waals surface area contributed by atoms with Crippen LogP contribution in [-0.4, -0.2) is 42.0 Å². The Kier molecular flexibility index (Phi) is 4.30. The summed E-state index contributed by atoms with van der Waals surface area (Å²) in [6.45, 7) is 0. The topological polar surface area (TPSA) is 98.1 Å². The van der Waals surface area contributed by atoms with E-state index in [-0.39, 0.29) is 0 Å². The van der Waals surface area contributed by atoms with Crippen LogP contribution >= 0.6 is 23.1 Å². The Morgan fingerprint density at radius 2 is 2.27 bits per heavy atom. The first-order chi connectivity index (χ1) is 7.00. The summed E-state index contributed by atoms with van der Waals surface area (Å²) in [5, 5.41) is 8.73. The Bertz CT molecular complexity index is 340. The molecule has 0 aromatic carbocycles. The lowest BCUT2D eigenvalue weighted by atomic mass is 10.3. The van der Waals surface area contributed by atoms with E-state index in [0.29, 0.717) is 5.75 Å². The van der Waals surface area contributed by atoms with Gasteiger partial charge in [-0.3, -0.25) is 4.79 Å². The molecule has 0 saturated heterocycles. The minimum atomic E-state index is -0.637. The number of primary amides is 1. The fourth-order valence-corrected chi connectivity index (χ4v) is 2.44. The molecule has 1 heterocycles. The molecule has 0 radical (unpaired) electrons. The number of aromatic nitrogens is 2. The third-order valence-electron chi connectivity index (χ3n) is 1.53. The van der Waals surface area contributed by atoms with Crippen molar-refractivity contribution in [3.8, 4) is 0 Å². The number of thioether (sulfide) groups is 1. The van der Waals surface area contributed by atoms with Crippen LogP contribution in [0.4, 0.5) is 5.13 Å². The minimum Gasteiger partial charge on any atom is -0.368 e. The normalized spacial score (nSPS) is 12.5. The van der Waals surface area contributed by atoms with Crippen LogP contribution in [0.1, 0.15) is 0 Å². The summed E-state index contributed by atoms with van der Waals surface area (Å²) in [7, 11) is 3.79. The predicted molar refractivity (Wildman–Crippen MR) is 62.1 cm³/mol. The molecule has 15 heavy (non-hydrogen) atoms. The van der Waals surface area contributed by atoms with Crippen molar-refractivity contribution in [3.63, 3.8) is 0 Å². The van der Waals surface area contributed by atoms with Crippen molar-refractivity contribution in [1.82, 2.24) is 10.2 Å². The maximum absolute atomic E-state index is 10.7. The van der Waals surface area contributed by atoms with E-state index in [2.05, 4.69) is 10.2 Å². The molecule has 0 saturated carbocycles. The molecule has 84 valence electrons. The van der Waals surface area contributed by atoms with Gasteiger partial charge in [0, 0.05) is 19.8 Å². The molecule has 0 spiro atoms. The molecule has 0 bridgehead atoms. The Balaban J connectivity index is 2.47. The number of hydrogen-bond donors (Lipinski definition) is 2. The molecule has 6 nitrogen and oxygen atoms in total. The number of amides is 1. The van der Waals surface area contributed by atoms with E-state index in [4.69, 9.17) is 11.5 Å². The average Bonchev–Trinajstić information content (AvgIpc) is 2.62. The van der Waals surface area contributed by atoms with Crippen molar-refractivity contribution in [1.29, 1.82) is 0 Å². The highest BCUT2D eigenvalue weighted by Crippen LogP contribution is 2.26. The molecule has 1 unspecified atom stereocenters. The molecule has 1 aromatic heterocycles. The van der Waals surface area contributed by atoms with Gasteiger partial charge in [0.25, 0.3) is 0 Å². The van der Waals surface area contributed by atoms with Crippen LogP contribution < -0.4 is 16.4 Å². The van der Waals surface area contributed by atoms with Crippen molar-refractivity contribution >= 4 is 34.1 Å². The van der Waals surface area contributed by atoms with Gasteiger partial charge in [0.05, 0.1) is 6.04 Å². The lowest BCUT2D eigenvalue weighted by molar-refractivity contribution is -0.118. The summed E-state index contributed by atoms with van der Waals surface area (Å²) in [4.78, 5) is 12.5. The number of rotatable bonds is 5. The van der Waals surface area contributed by atoms with E-state index in [0.717, 1.165) is 9.47 Å².